The maximum absolute atomic E-state index is 13.1. The van der Waals surface area contributed by atoms with Crippen molar-refractivity contribution in [3.05, 3.63) is 58.8 Å². The Labute approximate surface area is 179 Å². The van der Waals surface area contributed by atoms with E-state index in [1.807, 2.05) is 24.3 Å². The van der Waals surface area contributed by atoms with Gasteiger partial charge in [0.15, 0.2) is 16.7 Å². The van der Waals surface area contributed by atoms with Crippen molar-refractivity contribution in [2.45, 2.75) is 0 Å². The lowest BCUT2D eigenvalue weighted by molar-refractivity contribution is -0.113. The number of carbonyl (C=O) groups is 1. The van der Waals surface area contributed by atoms with Crippen LogP contribution in [0, 0.1) is 5.82 Å². The number of hydrogen-bond acceptors (Lipinski definition) is 6. The normalized spacial score (nSPS) is 18.0. The van der Waals surface area contributed by atoms with Crippen molar-refractivity contribution in [1.82, 2.24) is 4.90 Å². The summed E-state index contributed by atoms with van der Waals surface area (Å²) in [5.41, 5.74) is 1.85. The van der Waals surface area contributed by atoms with Gasteiger partial charge in [0, 0.05) is 31.9 Å². The number of hydrogen-bond donors (Lipinski definition) is 0. The number of rotatable bonds is 4. The largest absolute Gasteiger partial charge is 0.493 e. The second-order valence-corrected chi connectivity index (χ2v) is 7.88. The van der Waals surface area contributed by atoms with E-state index in [2.05, 4.69) is 14.8 Å². The third-order valence-electron chi connectivity index (χ3n) is 5.06. The van der Waals surface area contributed by atoms with E-state index in [4.69, 9.17) is 9.47 Å². The minimum absolute atomic E-state index is 0.231. The second-order valence-electron chi connectivity index (χ2n) is 6.88. The van der Waals surface area contributed by atoms with Crippen LogP contribution in [0.25, 0.3) is 6.08 Å². The first-order chi connectivity index (χ1) is 14.6. The van der Waals surface area contributed by atoms with Crippen LogP contribution < -0.4 is 14.4 Å². The highest BCUT2D eigenvalue weighted by Gasteiger charge is 2.28. The van der Waals surface area contributed by atoms with Crippen molar-refractivity contribution in [3.63, 3.8) is 0 Å². The Balaban J connectivity index is 1.41. The summed E-state index contributed by atoms with van der Waals surface area (Å²) in [5, 5.41) is 0.727. The lowest BCUT2D eigenvalue weighted by atomic mass is 10.2. The predicted octanol–water partition coefficient (Wildman–Crippen LogP) is 3.64. The van der Waals surface area contributed by atoms with Gasteiger partial charge in [0.05, 0.1) is 19.1 Å². The molecule has 0 aliphatic carbocycles. The summed E-state index contributed by atoms with van der Waals surface area (Å²) in [6.45, 7) is 3.07. The molecular weight excluding hydrogens is 405 g/mol. The molecule has 0 unspecified atom stereocenters. The lowest BCUT2D eigenvalue weighted by Gasteiger charge is -2.36. The molecule has 0 aromatic heterocycles. The maximum atomic E-state index is 13.1. The molecule has 2 heterocycles. The van der Waals surface area contributed by atoms with E-state index in [0.717, 1.165) is 42.6 Å². The number of nitrogens with zero attached hydrogens (tertiary/aromatic N) is 3. The fraction of sp³-hybridized carbons (Fsp3) is 0.273. The van der Waals surface area contributed by atoms with Gasteiger partial charge >= 0.3 is 0 Å². The molecule has 0 N–H and O–H groups in total. The SMILES string of the molecule is COc1ccc(C=C2SC(N3CCN(c4ccc(F)cc4)CC3)=NC2=O)cc1OC. The fourth-order valence-corrected chi connectivity index (χ4v) is 4.40. The first-order valence-electron chi connectivity index (χ1n) is 9.57. The highest BCUT2D eigenvalue weighted by molar-refractivity contribution is 8.18. The van der Waals surface area contributed by atoms with Gasteiger partial charge < -0.3 is 19.3 Å². The van der Waals surface area contributed by atoms with Crippen LogP contribution >= 0.6 is 11.8 Å². The number of methoxy groups -OCH3 is 2. The number of ether oxygens (including phenoxy) is 2. The van der Waals surface area contributed by atoms with Gasteiger partial charge in [-0.3, -0.25) is 4.79 Å². The number of piperazine rings is 1. The standard InChI is InChI=1S/C22H22FN3O3S/c1-28-18-8-3-15(13-19(18)29-2)14-20-21(27)24-22(30-20)26-11-9-25(10-12-26)17-6-4-16(23)5-7-17/h3-8,13-14H,9-12H2,1-2H3. The summed E-state index contributed by atoms with van der Waals surface area (Å²) in [6.07, 6.45) is 1.82. The molecule has 2 aromatic rings. The van der Waals surface area contributed by atoms with Crippen molar-refractivity contribution >= 4 is 34.6 Å². The molecule has 2 aliphatic heterocycles. The quantitative estimate of drug-likeness (QED) is 0.695. The van der Waals surface area contributed by atoms with E-state index < -0.39 is 0 Å². The van der Waals surface area contributed by atoms with Crippen LogP contribution in [0.1, 0.15) is 5.56 Å². The molecule has 0 saturated carbocycles. The summed E-state index contributed by atoms with van der Waals surface area (Å²) in [5.74, 6) is 0.786. The second kappa shape index (κ2) is 8.79. The third-order valence-corrected chi connectivity index (χ3v) is 6.10. The number of aliphatic imine (C=N–C) groups is 1. The number of amides is 1. The molecule has 0 bridgehead atoms. The number of halogens is 1. The van der Waals surface area contributed by atoms with E-state index >= 15 is 0 Å². The average Bonchev–Trinajstić information content (AvgIpc) is 3.14. The molecule has 0 radical (unpaired) electrons. The van der Waals surface area contributed by atoms with Crippen molar-refractivity contribution < 1.29 is 18.7 Å². The van der Waals surface area contributed by atoms with Crippen molar-refractivity contribution in [1.29, 1.82) is 0 Å². The van der Waals surface area contributed by atoms with Crippen LogP contribution in [0.2, 0.25) is 0 Å². The topological polar surface area (TPSA) is 54.4 Å². The van der Waals surface area contributed by atoms with E-state index in [-0.39, 0.29) is 11.7 Å². The third kappa shape index (κ3) is 4.28. The lowest BCUT2D eigenvalue weighted by Crippen LogP contribution is -2.47. The first-order valence-corrected chi connectivity index (χ1v) is 10.4. The van der Waals surface area contributed by atoms with Crippen molar-refractivity contribution in [2.75, 3.05) is 45.3 Å². The van der Waals surface area contributed by atoms with Crippen LogP contribution in [0.15, 0.2) is 52.4 Å². The molecule has 2 aromatic carbocycles. The van der Waals surface area contributed by atoms with Crippen LogP contribution in [-0.4, -0.2) is 56.4 Å². The summed E-state index contributed by atoms with van der Waals surface area (Å²) in [4.78, 5) is 21.6. The van der Waals surface area contributed by atoms with E-state index in [9.17, 15) is 9.18 Å². The maximum Gasteiger partial charge on any atom is 0.286 e. The number of amidine groups is 1. The smallest absolute Gasteiger partial charge is 0.286 e. The monoisotopic (exact) mass is 427 g/mol. The molecule has 8 heteroatoms. The van der Waals surface area contributed by atoms with Gasteiger partial charge in [-0.15, -0.1) is 0 Å². The molecule has 1 saturated heterocycles. The number of anilines is 1. The molecule has 6 nitrogen and oxygen atoms in total. The van der Waals surface area contributed by atoms with Crippen LogP contribution in [0.3, 0.4) is 0 Å². The molecule has 0 spiro atoms. The molecule has 0 atom stereocenters. The van der Waals surface area contributed by atoms with Crippen LogP contribution in [0.4, 0.5) is 10.1 Å². The zero-order valence-corrected chi connectivity index (χ0v) is 17.6. The molecule has 4 rings (SSSR count). The summed E-state index contributed by atoms with van der Waals surface area (Å²) in [7, 11) is 3.17. The zero-order chi connectivity index (χ0) is 21.1. The Bertz CT molecular complexity index is 999. The van der Waals surface area contributed by atoms with E-state index in [1.54, 1.807) is 26.4 Å². The minimum atomic E-state index is -0.235. The highest BCUT2D eigenvalue weighted by Crippen LogP contribution is 2.33. The van der Waals surface area contributed by atoms with Gasteiger partial charge in [0.25, 0.3) is 5.91 Å². The Morgan fingerprint density at radius 1 is 0.967 bits per heavy atom. The Kier molecular flexibility index (Phi) is 5.94. The zero-order valence-electron chi connectivity index (χ0n) is 16.8. The fourth-order valence-electron chi connectivity index (χ4n) is 3.44. The molecule has 1 amide bonds. The summed E-state index contributed by atoms with van der Waals surface area (Å²) in [6, 6.07) is 12.1. The van der Waals surface area contributed by atoms with E-state index in [0.29, 0.717) is 16.4 Å². The van der Waals surface area contributed by atoms with Gasteiger partial charge in [-0.1, -0.05) is 6.07 Å². The van der Waals surface area contributed by atoms with Gasteiger partial charge in [-0.05, 0) is 59.8 Å². The Morgan fingerprint density at radius 3 is 2.30 bits per heavy atom. The van der Waals surface area contributed by atoms with Gasteiger partial charge in [0.1, 0.15) is 5.82 Å². The van der Waals surface area contributed by atoms with Crippen molar-refractivity contribution in [2.24, 2.45) is 4.99 Å². The van der Waals surface area contributed by atoms with Crippen molar-refractivity contribution in [3.8, 4) is 11.5 Å². The number of benzene rings is 2. The molecule has 30 heavy (non-hydrogen) atoms. The van der Waals surface area contributed by atoms with Crippen LogP contribution in [-0.2, 0) is 4.79 Å². The molecule has 2 aliphatic rings. The van der Waals surface area contributed by atoms with Gasteiger partial charge in [-0.2, -0.15) is 4.99 Å². The van der Waals surface area contributed by atoms with E-state index in [1.165, 1.54) is 23.9 Å². The van der Waals surface area contributed by atoms with Crippen LogP contribution in [0.5, 0.6) is 11.5 Å². The van der Waals surface area contributed by atoms with Gasteiger partial charge in [-0.25, -0.2) is 4.39 Å². The minimum Gasteiger partial charge on any atom is -0.493 e. The first kappa shape index (κ1) is 20.3. The highest BCUT2D eigenvalue weighted by atomic mass is 32.2. The summed E-state index contributed by atoms with van der Waals surface area (Å²) < 4.78 is 23.7. The van der Waals surface area contributed by atoms with Gasteiger partial charge in [0.2, 0.25) is 0 Å². The number of thioether (sulfide) groups is 1. The Hall–Kier alpha value is -3.00. The summed E-state index contributed by atoms with van der Waals surface area (Å²) >= 11 is 1.39. The molecular formula is C22H22FN3O3S. The molecule has 1 fully saturated rings. The predicted molar refractivity (Wildman–Crippen MR) is 118 cm³/mol. The number of carbonyl (C=O) groups excluding carboxylic acids is 1. The average molecular weight is 428 g/mol. The molecule has 156 valence electrons. The Morgan fingerprint density at radius 2 is 1.63 bits per heavy atom.